The van der Waals surface area contributed by atoms with E-state index in [4.69, 9.17) is 27.6 Å². The zero-order chi connectivity index (χ0) is 81.2. The van der Waals surface area contributed by atoms with Crippen molar-refractivity contribution >= 4 is 110 Å². The molecular formula is C100H92N7O5+5. The zero-order valence-electron chi connectivity index (χ0n) is 69.7. The Morgan fingerprint density at radius 2 is 0.625 bits per heavy atom. The molecule has 0 spiro atoms. The van der Waals surface area contributed by atoms with E-state index in [1.165, 1.54) is 78.8 Å². The second kappa shape index (κ2) is 30.3. The van der Waals surface area contributed by atoms with Crippen molar-refractivity contribution in [3.8, 4) is 56.3 Å². The minimum atomic E-state index is -2.43. The maximum atomic E-state index is 8.46. The summed E-state index contributed by atoms with van der Waals surface area (Å²) in [5, 5.41) is 11.1. The molecule has 0 saturated heterocycles. The molecule has 0 fully saturated rings. The SMILES string of the molecule is Cc1ccc2c(n1)oc1c(-c3cccc[n+]3C)c(C)ccc12.Cc1ccc2c(oc3ccccc32)c1-c1cc(C(C)C)cc[n+]1C.Cc1ccc2c(oc3ccccc32)c1-c1cccc[n+]1C.Cc1ccc2c(oc3ncccc32)c1-c1cccc[n+]1C.[2H]C([2H])([2H])C([2H])(C)c1cc[n+](C)c(-c2c(C)ccc3c2oc2ccccc23)c1. The van der Waals surface area contributed by atoms with Gasteiger partial charge in [0.2, 0.25) is 39.9 Å². The molecule has 0 N–H and O–H groups in total. The van der Waals surface area contributed by atoms with E-state index < -0.39 is 12.7 Å². The summed E-state index contributed by atoms with van der Waals surface area (Å²) >= 11 is 0. The van der Waals surface area contributed by atoms with Crippen molar-refractivity contribution in [2.75, 3.05) is 0 Å². The van der Waals surface area contributed by atoms with Gasteiger partial charge in [0.05, 0.1) is 27.8 Å². The minimum Gasteiger partial charge on any atom is -0.455 e. The molecule has 12 aromatic heterocycles. The predicted octanol–water partition coefficient (Wildman–Crippen LogP) is 23.3. The summed E-state index contributed by atoms with van der Waals surface area (Å²) in [6.45, 7) is 16.0. The van der Waals surface area contributed by atoms with Crippen molar-refractivity contribution in [2.24, 2.45) is 35.2 Å². The van der Waals surface area contributed by atoms with Gasteiger partial charge in [-0.25, -0.2) is 32.8 Å². The van der Waals surface area contributed by atoms with Crippen LogP contribution < -0.4 is 22.8 Å². The number of furan rings is 5. The van der Waals surface area contributed by atoms with Gasteiger partial charge >= 0.3 is 0 Å². The molecule has 112 heavy (non-hydrogen) atoms. The van der Waals surface area contributed by atoms with Crippen LogP contribution in [0, 0.1) is 41.5 Å². The summed E-state index contributed by atoms with van der Waals surface area (Å²) in [6.07, 6.45) is 11.9. The van der Waals surface area contributed by atoms with Crippen LogP contribution in [0.4, 0.5) is 0 Å². The standard InChI is InChI=1S/2C22H22NO.C19H17N2O.C19H16NO.C18H15N2O/c2*1-14(2)16-11-12-23(4)19(13-16)21-15(3)9-10-18-17-7-5-6-8-20(17)24-22(18)21;1-12-7-9-14-15-10-8-13(2)20-19(15)22-18(14)17(12)16-6-4-5-11-21(16)3;1-13-10-11-15-14-7-3-4-9-17(14)21-19(15)18(13)16-8-5-6-12-20(16)2;1-12-8-9-13-14-6-5-10-19-18(14)21-17(13)16(12)15-7-3-4-11-20(15)2/h2*5-14H,1-4H3;4-11H,1-3H3;3-12H,1-2H3;3-11H,1-2H3/q5*+1/i1D3,14D;;;;. The first-order valence-electron chi connectivity index (χ1n) is 40.0. The van der Waals surface area contributed by atoms with Gasteiger partial charge in [-0.2, -0.15) is 0 Å². The summed E-state index contributed by atoms with van der Waals surface area (Å²) in [5.41, 5.74) is 28.3. The molecule has 0 radical (unpaired) electrons. The van der Waals surface area contributed by atoms with Gasteiger partial charge in [-0.3, -0.25) is 0 Å². The lowest BCUT2D eigenvalue weighted by Gasteiger charge is -2.09. The first kappa shape index (κ1) is 68.1. The molecule has 12 nitrogen and oxygen atoms in total. The number of para-hydroxylation sites is 3. The Kier molecular flexibility index (Phi) is 18.5. The average molecular weight is 1480 g/mol. The molecule has 20 rings (SSSR count). The van der Waals surface area contributed by atoms with Crippen LogP contribution >= 0.6 is 0 Å². The topological polar surface area (TPSA) is 111 Å². The number of fused-ring (bicyclic) bond motifs is 15. The van der Waals surface area contributed by atoms with Crippen molar-refractivity contribution in [3.05, 3.63) is 318 Å². The van der Waals surface area contributed by atoms with Crippen LogP contribution in [0.5, 0.6) is 0 Å². The molecule has 0 aliphatic rings. The minimum absolute atomic E-state index is 0.452. The Bertz CT molecular complexity index is 7040. The monoisotopic (exact) mass is 1470 g/mol. The number of hydrogen-bond donors (Lipinski definition) is 0. The number of pyridine rings is 7. The number of benzene rings is 8. The van der Waals surface area contributed by atoms with Gasteiger partial charge in [0.25, 0.3) is 0 Å². The predicted molar refractivity (Wildman–Crippen MR) is 454 cm³/mol. The molecule has 0 amide bonds. The molecule has 0 aliphatic carbocycles. The van der Waals surface area contributed by atoms with E-state index in [0.29, 0.717) is 22.9 Å². The Morgan fingerprint density at radius 1 is 0.304 bits per heavy atom. The third kappa shape index (κ3) is 13.6. The molecule has 8 aromatic carbocycles. The average Bonchev–Trinajstić information content (AvgIpc) is 1.53. The van der Waals surface area contributed by atoms with Crippen LogP contribution in [0.3, 0.4) is 0 Å². The summed E-state index contributed by atoms with van der Waals surface area (Å²) in [7, 11) is 10.2. The first-order valence-corrected chi connectivity index (χ1v) is 38.0. The van der Waals surface area contributed by atoms with Gasteiger partial charge in [0.1, 0.15) is 68.7 Å². The number of rotatable bonds is 7. The summed E-state index contributed by atoms with van der Waals surface area (Å²) < 4.78 is 73.0. The van der Waals surface area contributed by atoms with Gasteiger partial charge in [-0.05, 0) is 153 Å². The van der Waals surface area contributed by atoms with Gasteiger partial charge < -0.3 is 22.1 Å². The van der Waals surface area contributed by atoms with E-state index in [1.54, 1.807) is 18.3 Å². The highest BCUT2D eigenvalue weighted by molar-refractivity contribution is 6.13. The zero-order valence-corrected chi connectivity index (χ0v) is 65.7. The van der Waals surface area contributed by atoms with E-state index in [-0.39, 0.29) is 0 Å². The van der Waals surface area contributed by atoms with E-state index >= 15 is 0 Å². The van der Waals surface area contributed by atoms with Crippen molar-refractivity contribution in [1.29, 1.82) is 0 Å². The van der Waals surface area contributed by atoms with Gasteiger partial charge in [-0.15, -0.1) is 0 Å². The highest BCUT2D eigenvalue weighted by atomic mass is 16.4. The third-order valence-corrected chi connectivity index (χ3v) is 21.6. The second-order valence-electron chi connectivity index (χ2n) is 29.6. The number of aryl methyl sites for hydroxylation is 11. The van der Waals surface area contributed by atoms with Crippen molar-refractivity contribution in [3.63, 3.8) is 0 Å². The van der Waals surface area contributed by atoms with E-state index in [0.717, 1.165) is 122 Å². The highest BCUT2D eigenvalue weighted by Crippen LogP contribution is 2.43. The van der Waals surface area contributed by atoms with Gasteiger partial charge in [-0.1, -0.05) is 143 Å². The van der Waals surface area contributed by atoms with Crippen molar-refractivity contribution < 1.29 is 50.4 Å². The smallest absolute Gasteiger partial charge is 0.227 e. The van der Waals surface area contributed by atoms with E-state index in [1.807, 2.05) is 111 Å². The van der Waals surface area contributed by atoms with Crippen LogP contribution in [-0.2, 0) is 35.2 Å². The van der Waals surface area contributed by atoms with Crippen molar-refractivity contribution in [2.45, 2.75) is 81.0 Å². The lowest BCUT2D eigenvalue weighted by molar-refractivity contribution is -0.660. The Hall–Kier alpha value is -13.2. The van der Waals surface area contributed by atoms with Crippen LogP contribution in [0.2, 0.25) is 0 Å². The fraction of sp³-hybridized carbons (Fsp3) is 0.170. The van der Waals surface area contributed by atoms with Crippen LogP contribution in [0.15, 0.2) is 296 Å². The highest BCUT2D eigenvalue weighted by Gasteiger charge is 2.27. The number of aromatic nitrogens is 7. The van der Waals surface area contributed by atoms with Crippen LogP contribution in [0.25, 0.3) is 166 Å². The fourth-order valence-corrected chi connectivity index (χ4v) is 15.5. The van der Waals surface area contributed by atoms with Gasteiger partial charge in [0, 0.05) is 132 Å². The molecule has 1 atom stereocenters. The molecular weight excluding hydrogens is 1380 g/mol. The number of nitrogens with zero attached hydrogens (tertiary/aromatic N) is 7. The Balaban J connectivity index is 0.000000109. The quantitative estimate of drug-likeness (QED) is 0.146. The molecule has 552 valence electrons. The summed E-state index contributed by atoms with van der Waals surface area (Å²) in [6, 6.07) is 80.5. The lowest BCUT2D eigenvalue weighted by Crippen LogP contribution is -2.31. The maximum Gasteiger partial charge on any atom is 0.227 e. The van der Waals surface area contributed by atoms with Crippen molar-refractivity contribution in [1.82, 2.24) is 9.97 Å². The lowest BCUT2D eigenvalue weighted by atomic mass is 9.97. The van der Waals surface area contributed by atoms with Gasteiger partial charge in [0.15, 0.2) is 42.2 Å². The molecule has 12 heterocycles. The Morgan fingerprint density at radius 3 is 1.03 bits per heavy atom. The number of hydrogen-bond acceptors (Lipinski definition) is 7. The molecule has 1 unspecified atom stereocenters. The maximum absolute atomic E-state index is 8.46. The molecule has 0 aliphatic heterocycles. The van der Waals surface area contributed by atoms with Crippen LogP contribution in [-0.4, -0.2) is 9.97 Å². The summed E-state index contributed by atoms with van der Waals surface area (Å²) in [4.78, 5) is 8.86. The molecule has 12 heteroatoms. The Labute approximate surface area is 657 Å². The molecule has 20 aromatic rings. The summed E-state index contributed by atoms with van der Waals surface area (Å²) in [5.74, 6) is -1.20. The molecule has 0 bridgehead atoms. The third-order valence-electron chi connectivity index (χ3n) is 21.6. The van der Waals surface area contributed by atoms with E-state index in [9.17, 15) is 0 Å². The largest absolute Gasteiger partial charge is 0.455 e. The first-order chi connectivity index (χ1) is 55.8. The van der Waals surface area contributed by atoms with E-state index in [2.05, 4.69) is 268 Å². The fourth-order valence-electron chi connectivity index (χ4n) is 15.5. The normalized spacial score (nSPS) is 12.7. The molecule has 0 saturated carbocycles. The van der Waals surface area contributed by atoms with Crippen LogP contribution in [0.1, 0.15) is 89.6 Å². The second-order valence-corrected chi connectivity index (χ2v) is 29.6.